The van der Waals surface area contributed by atoms with Gasteiger partial charge in [-0.25, -0.2) is 4.79 Å². The van der Waals surface area contributed by atoms with E-state index in [4.69, 9.17) is 4.74 Å². The first-order chi connectivity index (χ1) is 13.6. The Labute approximate surface area is 176 Å². The van der Waals surface area contributed by atoms with E-state index in [1.54, 1.807) is 0 Å². The second-order valence-electron chi connectivity index (χ2n) is 9.31. The van der Waals surface area contributed by atoms with Crippen LogP contribution in [0.1, 0.15) is 73.7 Å². The van der Waals surface area contributed by atoms with Gasteiger partial charge in [-0.05, 0) is 49.0 Å². The van der Waals surface area contributed by atoms with E-state index in [0.717, 1.165) is 42.5 Å². The average Bonchev–Trinajstić information content (AvgIpc) is 3.03. The van der Waals surface area contributed by atoms with Crippen LogP contribution in [0, 0.1) is 23.2 Å². The molecule has 0 aliphatic heterocycles. The summed E-state index contributed by atoms with van der Waals surface area (Å²) in [6, 6.07) is 0. The number of carboxylic acids is 1. The fourth-order valence-corrected chi connectivity index (χ4v) is 5.98. The number of nitrogens with one attached hydrogen (secondary N) is 1. The average molecular weight is 421 g/mol. The van der Waals surface area contributed by atoms with Gasteiger partial charge in [0.2, 0.25) is 5.91 Å². The molecule has 7 heteroatoms. The molecule has 160 valence electrons. The lowest BCUT2D eigenvalue weighted by Crippen LogP contribution is -2.42. The van der Waals surface area contributed by atoms with Crippen LogP contribution >= 0.6 is 11.3 Å². The number of hydrogen-bond donors (Lipinski definition) is 1. The third-order valence-electron chi connectivity index (χ3n) is 6.52. The minimum Gasteiger partial charge on any atom is -0.550 e. The normalized spacial score (nSPS) is 24.5. The Balaban J connectivity index is 1.89. The third-order valence-corrected chi connectivity index (χ3v) is 7.69. The van der Waals surface area contributed by atoms with Crippen LogP contribution < -0.4 is 10.4 Å². The van der Waals surface area contributed by atoms with Gasteiger partial charge in [0.1, 0.15) is 5.00 Å². The summed E-state index contributed by atoms with van der Waals surface area (Å²) in [5, 5.41) is 14.8. The maximum Gasteiger partial charge on any atom is 0.341 e. The van der Waals surface area contributed by atoms with Gasteiger partial charge in [0.25, 0.3) is 0 Å². The van der Waals surface area contributed by atoms with Crippen LogP contribution in [0.25, 0.3) is 0 Å². The number of methoxy groups -OCH3 is 1. The van der Waals surface area contributed by atoms with Crippen molar-refractivity contribution in [2.45, 2.75) is 65.7 Å². The minimum absolute atomic E-state index is 0.167. The molecule has 0 radical (unpaired) electrons. The number of amides is 1. The molecular weight excluding hydrogens is 390 g/mol. The van der Waals surface area contributed by atoms with E-state index in [1.807, 2.05) is 0 Å². The molecule has 0 bridgehead atoms. The van der Waals surface area contributed by atoms with Crippen LogP contribution in [0.3, 0.4) is 0 Å². The number of carboxylic acid groups (broad SMARTS) is 1. The Morgan fingerprint density at radius 1 is 1.10 bits per heavy atom. The van der Waals surface area contributed by atoms with Crippen molar-refractivity contribution < 1.29 is 24.2 Å². The monoisotopic (exact) mass is 420 g/mol. The van der Waals surface area contributed by atoms with Gasteiger partial charge in [-0.15, -0.1) is 11.3 Å². The van der Waals surface area contributed by atoms with E-state index in [9.17, 15) is 19.5 Å². The van der Waals surface area contributed by atoms with Crippen LogP contribution in [-0.4, -0.2) is 25.0 Å². The minimum atomic E-state index is -1.17. The molecule has 1 heterocycles. The third kappa shape index (κ3) is 4.49. The number of ether oxygens (including phenoxy) is 1. The summed E-state index contributed by atoms with van der Waals surface area (Å²) in [4.78, 5) is 38.0. The van der Waals surface area contributed by atoms with Crippen molar-refractivity contribution in [3.63, 3.8) is 0 Å². The van der Waals surface area contributed by atoms with Crippen LogP contribution in [-0.2, 0) is 27.2 Å². The molecule has 2 aliphatic carbocycles. The molecule has 1 aromatic rings. The van der Waals surface area contributed by atoms with E-state index in [2.05, 4.69) is 26.1 Å². The Morgan fingerprint density at radius 3 is 2.34 bits per heavy atom. The van der Waals surface area contributed by atoms with Gasteiger partial charge in [0.05, 0.1) is 12.7 Å². The lowest BCUT2D eigenvalue weighted by molar-refractivity contribution is -0.313. The van der Waals surface area contributed by atoms with Crippen molar-refractivity contribution in [2.75, 3.05) is 12.4 Å². The first kappa shape index (κ1) is 21.8. The molecule has 2 aliphatic rings. The van der Waals surface area contributed by atoms with Crippen molar-refractivity contribution in [2.24, 2.45) is 23.2 Å². The quantitative estimate of drug-likeness (QED) is 0.755. The van der Waals surface area contributed by atoms with Gasteiger partial charge in [-0.3, -0.25) is 4.79 Å². The molecule has 3 rings (SSSR count). The molecule has 0 aromatic carbocycles. The van der Waals surface area contributed by atoms with Gasteiger partial charge in [0.15, 0.2) is 0 Å². The molecule has 0 unspecified atom stereocenters. The summed E-state index contributed by atoms with van der Waals surface area (Å²) in [7, 11) is 1.34. The van der Waals surface area contributed by atoms with Crippen LogP contribution in [0.4, 0.5) is 5.00 Å². The van der Waals surface area contributed by atoms with Crippen molar-refractivity contribution in [3.05, 3.63) is 16.0 Å². The molecule has 1 N–H and O–H groups in total. The predicted molar refractivity (Wildman–Crippen MR) is 110 cm³/mol. The van der Waals surface area contributed by atoms with Gasteiger partial charge in [-0.2, -0.15) is 0 Å². The molecular formula is C22H30NO5S-. The second-order valence-corrected chi connectivity index (χ2v) is 10.4. The highest BCUT2D eigenvalue weighted by molar-refractivity contribution is 7.17. The Kier molecular flexibility index (Phi) is 6.36. The second kappa shape index (κ2) is 8.46. The zero-order valence-corrected chi connectivity index (χ0v) is 18.4. The fourth-order valence-electron chi connectivity index (χ4n) is 4.66. The van der Waals surface area contributed by atoms with Gasteiger partial charge in [0, 0.05) is 22.7 Å². The smallest absolute Gasteiger partial charge is 0.341 e. The van der Waals surface area contributed by atoms with E-state index < -0.39 is 23.8 Å². The zero-order valence-electron chi connectivity index (χ0n) is 17.6. The lowest BCUT2D eigenvalue weighted by atomic mass is 9.72. The molecule has 1 fully saturated rings. The molecule has 3 atom stereocenters. The van der Waals surface area contributed by atoms with Gasteiger partial charge >= 0.3 is 5.97 Å². The molecule has 0 spiro atoms. The van der Waals surface area contributed by atoms with Crippen molar-refractivity contribution >= 4 is 34.2 Å². The summed E-state index contributed by atoms with van der Waals surface area (Å²) in [6.07, 6.45) is 5.22. The summed E-state index contributed by atoms with van der Waals surface area (Å²) < 4.78 is 4.99. The number of fused-ring (bicyclic) bond motifs is 1. The SMILES string of the molecule is COC(=O)c1c(NC(=O)[C@H]2CCCC[C@H]2C(=O)[O-])sc2c1CC[C@H](C(C)(C)C)C2. The van der Waals surface area contributed by atoms with E-state index in [1.165, 1.54) is 18.4 Å². The maximum absolute atomic E-state index is 12.9. The largest absolute Gasteiger partial charge is 0.550 e. The summed E-state index contributed by atoms with van der Waals surface area (Å²) in [5.41, 5.74) is 1.58. The zero-order chi connectivity index (χ0) is 21.3. The predicted octanol–water partition coefficient (Wildman–Crippen LogP) is 3.18. The number of rotatable bonds is 4. The highest BCUT2D eigenvalue weighted by Gasteiger charge is 2.36. The lowest BCUT2D eigenvalue weighted by Gasteiger charge is -2.33. The van der Waals surface area contributed by atoms with E-state index >= 15 is 0 Å². The fraction of sp³-hybridized carbons (Fsp3) is 0.682. The topological polar surface area (TPSA) is 95.5 Å². The Morgan fingerprint density at radius 2 is 1.76 bits per heavy atom. The number of aliphatic carboxylic acids is 1. The van der Waals surface area contributed by atoms with Gasteiger partial charge in [-0.1, -0.05) is 33.6 Å². The Hall–Kier alpha value is -1.89. The first-order valence-corrected chi connectivity index (χ1v) is 11.2. The number of carbonyl (C=O) groups excluding carboxylic acids is 3. The number of thiophene rings is 1. The Bertz CT molecular complexity index is 807. The van der Waals surface area contributed by atoms with Crippen molar-refractivity contribution in [1.29, 1.82) is 0 Å². The van der Waals surface area contributed by atoms with E-state index in [0.29, 0.717) is 29.3 Å². The molecule has 6 nitrogen and oxygen atoms in total. The first-order valence-electron chi connectivity index (χ1n) is 10.4. The van der Waals surface area contributed by atoms with Crippen LogP contribution in [0.2, 0.25) is 0 Å². The standard InChI is InChI=1S/C22H31NO5S/c1-22(2,3)12-9-10-15-16(11-12)29-19(17(15)21(27)28-4)23-18(24)13-7-5-6-8-14(13)20(25)26/h12-14H,5-11H2,1-4H3,(H,23,24)(H,25,26)/p-1/t12-,13-,14+/m0/s1. The van der Waals surface area contributed by atoms with Crippen molar-refractivity contribution in [3.8, 4) is 0 Å². The molecule has 1 saturated carbocycles. The van der Waals surface area contributed by atoms with Crippen LogP contribution in [0.15, 0.2) is 0 Å². The molecule has 1 aromatic heterocycles. The van der Waals surface area contributed by atoms with Crippen LogP contribution in [0.5, 0.6) is 0 Å². The highest BCUT2D eigenvalue weighted by Crippen LogP contribution is 2.45. The van der Waals surface area contributed by atoms with E-state index in [-0.39, 0.29) is 11.3 Å². The summed E-state index contributed by atoms with van der Waals surface area (Å²) in [5.74, 6) is -2.85. The van der Waals surface area contributed by atoms with Gasteiger partial charge < -0.3 is 20.0 Å². The summed E-state index contributed by atoms with van der Waals surface area (Å²) in [6.45, 7) is 6.68. The summed E-state index contributed by atoms with van der Waals surface area (Å²) >= 11 is 1.43. The number of carbonyl (C=O) groups is 3. The highest BCUT2D eigenvalue weighted by atomic mass is 32.1. The maximum atomic E-state index is 12.9. The molecule has 1 amide bonds. The molecule has 29 heavy (non-hydrogen) atoms. The number of anilines is 1. The number of esters is 1. The molecule has 0 saturated heterocycles. The van der Waals surface area contributed by atoms with Crippen molar-refractivity contribution in [1.82, 2.24) is 0 Å². The number of hydrogen-bond acceptors (Lipinski definition) is 6.